The van der Waals surface area contributed by atoms with Crippen molar-refractivity contribution in [3.8, 4) is 0 Å². The van der Waals surface area contributed by atoms with Crippen LogP contribution in [0.2, 0.25) is 0 Å². The minimum atomic E-state index is 0.465. The van der Waals surface area contributed by atoms with Gasteiger partial charge in [0.1, 0.15) is 5.76 Å². The Morgan fingerprint density at radius 2 is 2.00 bits per heavy atom. The minimum absolute atomic E-state index is 0.465. The van der Waals surface area contributed by atoms with Gasteiger partial charge in [-0.15, -0.1) is 0 Å². The van der Waals surface area contributed by atoms with Gasteiger partial charge in [-0.25, -0.2) is 0 Å². The Balaban J connectivity index is 2.20. The third-order valence-corrected chi connectivity index (χ3v) is 3.11. The number of rotatable bonds is 5. The molecule has 0 aliphatic heterocycles. The highest BCUT2D eigenvalue weighted by molar-refractivity contribution is 5.30. The first-order chi connectivity index (χ1) is 8.31. The van der Waals surface area contributed by atoms with Gasteiger partial charge in [0.2, 0.25) is 0 Å². The summed E-state index contributed by atoms with van der Waals surface area (Å²) >= 11 is 0. The van der Waals surface area contributed by atoms with E-state index < -0.39 is 0 Å². The molecule has 1 atom stereocenters. The summed E-state index contributed by atoms with van der Waals surface area (Å²) in [5.74, 6) is 1.51. The smallest absolute Gasteiger partial charge is 0.104 e. The maximum atomic E-state index is 5.44. The lowest BCUT2D eigenvalue weighted by Crippen LogP contribution is -2.19. The van der Waals surface area contributed by atoms with Crippen LogP contribution in [-0.4, -0.2) is 13.6 Å². The molecule has 0 fully saturated rings. The third-order valence-electron chi connectivity index (χ3n) is 3.11. The summed E-state index contributed by atoms with van der Waals surface area (Å²) in [5, 5.41) is 3.26. The third kappa shape index (κ3) is 2.98. The van der Waals surface area contributed by atoms with Crippen molar-refractivity contribution in [3.05, 3.63) is 59.5 Å². The van der Waals surface area contributed by atoms with Crippen LogP contribution in [0.4, 0.5) is 0 Å². The van der Waals surface area contributed by atoms with E-state index in [-0.39, 0.29) is 0 Å². The van der Waals surface area contributed by atoms with Crippen molar-refractivity contribution in [1.82, 2.24) is 5.32 Å². The molecule has 2 aromatic rings. The molecule has 90 valence electrons. The van der Waals surface area contributed by atoms with E-state index in [0.717, 1.165) is 18.7 Å². The Bertz CT molecular complexity index is 448. The zero-order valence-corrected chi connectivity index (χ0v) is 10.4. The van der Waals surface area contributed by atoms with Gasteiger partial charge < -0.3 is 9.73 Å². The van der Waals surface area contributed by atoms with Crippen LogP contribution in [0.15, 0.2) is 47.1 Å². The summed E-state index contributed by atoms with van der Waals surface area (Å²) in [6.45, 7) is 3.13. The second-order valence-corrected chi connectivity index (χ2v) is 4.39. The average Bonchev–Trinajstić information content (AvgIpc) is 2.82. The fourth-order valence-corrected chi connectivity index (χ4v) is 2.25. The van der Waals surface area contributed by atoms with Crippen molar-refractivity contribution in [2.24, 2.45) is 0 Å². The van der Waals surface area contributed by atoms with Crippen molar-refractivity contribution in [3.63, 3.8) is 0 Å². The van der Waals surface area contributed by atoms with Crippen LogP contribution in [0, 0.1) is 6.92 Å². The molecular formula is C15H19NO. The maximum Gasteiger partial charge on any atom is 0.104 e. The van der Waals surface area contributed by atoms with Crippen LogP contribution in [0.1, 0.15) is 22.8 Å². The monoisotopic (exact) mass is 229 g/mol. The van der Waals surface area contributed by atoms with Crippen molar-refractivity contribution >= 4 is 0 Å². The first-order valence-corrected chi connectivity index (χ1v) is 6.03. The summed E-state index contributed by atoms with van der Waals surface area (Å²) in [5.41, 5.74) is 2.75. The summed E-state index contributed by atoms with van der Waals surface area (Å²) in [6.07, 6.45) is 2.68. The molecule has 0 amide bonds. The van der Waals surface area contributed by atoms with E-state index in [1.807, 2.05) is 19.2 Å². The number of hydrogen-bond donors (Lipinski definition) is 1. The van der Waals surface area contributed by atoms with Gasteiger partial charge in [0.05, 0.1) is 6.26 Å². The van der Waals surface area contributed by atoms with E-state index in [0.29, 0.717) is 5.92 Å². The Kier molecular flexibility index (Phi) is 3.99. The Hall–Kier alpha value is -1.54. The van der Waals surface area contributed by atoms with E-state index in [9.17, 15) is 0 Å². The Morgan fingerprint density at radius 3 is 2.65 bits per heavy atom. The number of likely N-dealkylation sites (N-methyl/N-ethyl adjacent to an activating group) is 1. The second kappa shape index (κ2) is 5.69. The van der Waals surface area contributed by atoms with E-state index in [1.54, 1.807) is 6.26 Å². The van der Waals surface area contributed by atoms with Crippen LogP contribution < -0.4 is 5.32 Å². The molecule has 0 saturated heterocycles. The van der Waals surface area contributed by atoms with E-state index in [1.165, 1.54) is 11.1 Å². The van der Waals surface area contributed by atoms with Crippen LogP contribution in [0.3, 0.4) is 0 Å². The van der Waals surface area contributed by atoms with Gasteiger partial charge in [-0.1, -0.05) is 24.3 Å². The Morgan fingerprint density at radius 1 is 1.18 bits per heavy atom. The average molecular weight is 229 g/mol. The molecule has 0 aliphatic rings. The Labute approximate surface area is 103 Å². The number of aryl methyl sites for hydroxylation is 1. The molecule has 2 heteroatoms. The predicted molar refractivity (Wildman–Crippen MR) is 70.3 cm³/mol. The number of hydrogen-bond acceptors (Lipinski definition) is 2. The SMILES string of the molecule is CNCC(Cc1ccco1)c1ccccc1C. The van der Waals surface area contributed by atoms with Gasteiger partial charge in [0.15, 0.2) is 0 Å². The molecule has 0 saturated carbocycles. The normalized spacial score (nSPS) is 12.6. The molecule has 1 N–H and O–H groups in total. The fourth-order valence-electron chi connectivity index (χ4n) is 2.25. The highest BCUT2D eigenvalue weighted by Crippen LogP contribution is 2.23. The van der Waals surface area contributed by atoms with Crippen molar-refractivity contribution in [2.45, 2.75) is 19.3 Å². The van der Waals surface area contributed by atoms with E-state index in [4.69, 9.17) is 4.42 Å². The molecule has 0 aliphatic carbocycles. The predicted octanol–water partition coefficient (Wildman–Crippen LogP) is 3.13. The van der Waals surface area contributed by atoms with Gasteiger partial charge in [-0.3, -0.25) is 0 Å². The van der Waals surface area contributed by atoms with Gasteiger partial charge in [-0.2, -0.15) is 0 Å². The lowest BCUT2D eigenvalue weighted by Gasteiger charge is -2.18. The number of furan rings is 1. The quantitative estimate of drug-likeness (QED) is 0.852. The van der Waals surface area contributed by atoms with Crippen LogP contribution in [0.25, 0.3) is 0 Å². The van der Waals surface area contributed by atoms with E-state index in [2.05, 4.69) is 36.5 Å². The zero-order valence-electron chi connectivity index (χ0n) is 10.4. The largest absolute Gasteiger partial charge is 0.469 e. The summed E-state index contributed by atoms with van der Waals surface area (Å²) in [6, 6.07) is 12.6. The van der Waals surface area contributed by atoms with Crippen LogP contribution >= 0.6 is 0 Å². The van der Waals surface area contributed by atoms with Gasteiger partial charge in [-0.05, 0) is 37.2 Å². The summed E-state index contributed by atoms with van der Waals surface area (Å²) in [7, 11) is 1.99. The number of nitrogens with one attached hydrogen (secondary N) is 1. The first kappa shape index (κ1) is 11.9. The summed E-state index contributed by atoms with van der Waals surface area (Å²) < 4.78 is 5.44. The van der Waals surface area contributed by atoms with Crippen LogP contribution in [0.5, 0.6) is 0 Å². The molecule has 2 rings (SSSR count). The van der Waals surface area contributed by atoms with E-state index >= 15 is 0 Å². The summed E-state index contributed by atoms with van der Waals surface area (Å²) in [4.78, 5) is 0. The molecule has 0 radical (unpaired) electrons. The molecule has 1 heterocycles. The van der Waals surface area contributed by atoms with Crippen LogP contribution in [-0.2, 0) is 6.42 Å². The van der Waals surface area contributed by atoms with Gasteiger partial charge >= 0.3 is 0 Å². The molecular weight excluding hydrogens is 210 g/mol. The molecule has 17 heavy (non-hydrogen) atoms. The molecule has 1 unspecified atom stereocenters. The highest BCUT2D eigenvalue weighted by atomic mass is 16.3. The standard InChI is InChI=1S/C15H19NO/c1-12-6-3-4-8-15(12)13(11-16-2)10-14-7-5-9-17-14/h3-9,13,16H,10-11H2,1-2H3. The van der Waals surface area contributed by atoms with Crippen molar-refractivity contribution < 1.29 is 4.42 Å². The maximum absolute atomic E-state index is 5.44. The van der Waals surface area contributed by atoms with Crippen molar-refractivity contribution in [2.75, 3.05) is 13.6 Å². The topological polar surface area (TPSA) is 25.2 Å². The first-order valence-electron chi connectivity index (χ1n) is 6.03. The van der Waals surface area contributed by atoms with Gasteiger partial charge in [0, 0.05) is 18.9 Å². The second-order valence-electron chi connectivity index (χ2n) is 4.39. The number of benzene rings is 1. The highest BCUT2D eigenvalue weighted by Gasteiger charge is 2.14. The molecule has 0 spiro atoms. The lowest BCUT2D eigenvalue weighted by molar-refractivity contribution is 0.478. The fraction of sp³-hybridized carbons (Fsp3) is 0.333. The molecule has 0 bridgehead atoms. The molecule has 1 aromatic carbocycles. The molecule has 1 aromatic heterocycles. The zero-order chi connectivity index (χ0) is 12.1. The molecule has 2 nitrogen and oxygen atoms in total. The lowest BCUT2D eigenvalue weighted by atomic mass is 9.91. The minimum Gasteiger partial charge on any atom is -0.469 e. The van der Waals surface area contributed by atoms with Crippen molar-refractivity contribution in [1.29, 1.82) is 0 Å². The van der Waals surface area contributed by atoms with Gasteiger partial charge in [0.25, 0.3) is 0 Å².